The van der Waals surface area contributed by atoms with Crippen molar-refractivity contribution in [3.05, 3.63) is 59.9 Å². The zero-order chi connectivity index (χ0) is 19.0. The number of morpholine rings is 1. The van der Waals surface area contributed by atoms with Gasteiger partial charge in [0, 0.05) is 25.0 Å². The predicted octanol–water partition coefficient (Wildman–Crippen LogP) is 2.43. The molecule has 27 heavy (non-hydrogen) atoms. The Morgan fingerprint density at radius 1 is 1.22 bits per heavy atom. The first-order valence-electron chi connectivity index (χ1n) is 9.21. The van der Waals surface area contributed by atoms with Crippen LogP contribution < -0.4 is 4.90 Å². The molecule has 3 heterocycles. The van der Waals surface area contributed by atoms with Crippen LogP contribution in [0, 0.1) is 6.92 Å². The molecule has 4 rings (SSSR count). The summed E-state index contributed by atoms with van der Waals surface area (Å²) in [5, 5.41) is 0. The lowest BCUT2D eigenvalue weighted by atomic mass is 9.85. The fourth-order valence-electron chi connectivity index (χ4n) is 3.86. The molecule has 2 atom stereocenters. The highest BCUT2D eigenvalue weighted by atomic mass is 16.5. The molecule has 0 N–H and O–H groups in total. The van der Waals surface area contributed by atoms with Crippen molar-refractivity contribution in [1.29, 1.82) is 0 Å². The molecule has 2 aromatic rings. The topological polar surface area (TPSA) is 62.7 Å². The van der Waals surface area contributed by atoms with Gasteiger partial charge in [-0.2, -0.15) is 0 Å². The van der Waals surface area contributed by atoms with Crippen LogP contribution in [-0.4, -0.2) is 53.0 Å². The first-order valence-corrected chi connectivity index (χ1v) is 9.21. The van der Waals surface area contributed by atoms with Crippen LogP contribution in [-0.2, 0) is 9.53 Å². The average Bonchev–Trinajstić information content (AvgIpc) is 2.69. The van der Waals surface area contributed by atoms with E-state index in [0.29, 0.717) is 25.2 Å². The number of para-hydroxylation sites is 1. The van der Waals surface area contributed by atoms with E-state index < -0.39 is 5.60 Å². The van der Waals surface area contributed by atoms with Gasteiger partial charge in [-0.1, -0.05) is 24.3 Å². The molecule has 2 aliphatic heterocycles. The van der Waals surface area contributed by atoms with Crippen LogP contribution in [0.1, 0.15) is 29.4 Å². The van der Waals surface area contributed by atoms with Gasteiger partial charge in [-0.05, 0) is 44.0 Å². The van der Waals surface area contributed by atoms with Crippen LogP contribution >= 0.6 is 0 Å². The van der Waals surface area contributed by atoms with Crippen molar-refractivity contribution in [2.75, 3.05) is 24.6 Å². The zero-order valence-electron chi connectivity index (χ0n) is 15.6. The summed E-state index contributed by atoms with van der Waals surface area (Å²) in [7, 11) is 0. The maximum Gasteiger partial charge on any atom is 0.272 e. The lowest BCUT2D eigenvalue weighted by Gasteiger charge is -2.52. The highest BCUT2D eigenvalue weighted by Gasteiger charge is 2.50. The number of carbonyl (C=O) groups excluding carboxylic acids is 2. The molecule has 0 spiro atoms. The van der Waals surface area contributed by atoms with Gasteiger partial charge in [0.1, 0.15) is 12.3 Å². The second kappa shape index (κ2) is 6.78. The molecule has 1 aromatic heterocycles. The van der Waals surface area contributed by atoms with E-state index in [1.807, 2.05) is 50.2 Å². The Morgan fingerprint density at radius 2 is 2.00 bits per heavy atom. The van der Waals surface area contributed by atoms with Gasteiger partial charge in [0.2, 0.25) is 0 Å². The molecule has 2 fully saturated rings. The van der Waals surface area contributed by atoms with Crippen LogP contribution in [0.2, 0.25) is 0 Å². The molecule has 6 heteroatoms. The van der Waals surface area contributed by atoms with Crippen molar-refractivity contribution in [3.63, 3.8) is 0 Å². The first-order chi connectivity index (χ1) is 13.0. The summed E-state index contributed by atoms with van der Waals surface area (Å²) >= 11 is 0. The normalized spacial score (nSPS) is 25.3. The van der Waals surface area contributed by atoms with Gasteiger partial charge < -0.3 is 14.5 Å². The number of piperidine rings is 1. The van der Waals surface area contributed by atoms with Crippen molar-refractivity contribution >= 4 is 17.5 Å². The number of nitrogens with zero attached hydrogens (tertiary/aromatic N) is 3. The Balaban J connectivity index is 1.63. The summed E-state index contributed by atoms with van der Waals surface area (Å²) in [6, 6.07) is 13.0. The number of aromatic nitrogens is 1. The third-order valence-electron chi connectivity index (χ3n) is 5.53. The van der Waals surface area contributed by atoms with Crippen LogP contribution in [0.4, 0.5) is 5.69 Å². The van der Waals surface area contributed by atoms with Crippen LogP contribution in [0.25, 0.3) is 0 Å². The van der Waals surface area contributed by atoms with Crippen molar-refractivity contribution in [3.8, 4) is 0 Å². The highest BCUT2D eigenvalue weighted by Crippen LogP contribution is 2.36. The number of rotatable bonds is 2. The maximum absolute atomic E-state index is 12.9. The monoisotopic (exact) mass is 365 g/mol. The Bertz CT molecular complexity index is 853. The van der Waals surface area contributed by atoms with E-state index in [0.717, 1.165) is 11.3 Å². The fourth-order valence-corrected chi connectivity index (χ4v) is 3.86. The summed E-state index contributed by atoms with van der Waals surface area (Å²) in [4.78, 5) is 33.4. The maximum atomic E-state index is 12.9. The summed E-state index contributed by atoms with van der Waals surface area (Å²) in [5.74, 6) is -0.186. The molecule has 0 aliphatic carbocycles. The third kappa shape index (κ3) is 3.21. The fraction of sp³-hybridized carbons (Fsp3) is 0.381. The molecule has 140 valence electrons. The Hall–Kier alpha value is -2.73. The van der Waals surface area contributed by atoms with Gasteiger partial charge in [0.25, 0.3) is 11.8 Å². The minimum Gasteiger partial charge on any atom is -0.363 e. The number of likely N-dealkylation sites (tertiary alicyclic amines) is 1. The number of amides is 2. The highest BCUT2D eigenvalue weighted by molar-refractivity contribution is 5.96. The SMILES string of the molecule is Cc1ccc(C(=O)N2CC[C@@]3(C)OCC(=O)N(c4ccccc4)[C@@H]3C2)nc1. The Labute approximate surface area is 158 Å². The van der Waals surface area contributed by atoms with Gasteiger partial charge >= 0.3 is 0 Å². The van der Waals surface area contributed by atoms with E-state index >= 15 is 0 Å². The van der Waals surface area contributed by atoms with Crippen LogP contribution in [0.15, 0.2) is 48.7 Å². The molecule has 2 saturated heterocycles. The van der Waals surface area contributed by atoms with E-state index in [4.69, 9.17) is 4.74 Å². The largest absolute Gasteiger partial charge is 0.363 e. The number of hydrogen-bond acceptors (Lipinski definition) is 4. The first kappa shape index (κ1) is 17.7. The van der Waals surface area contributed by atoms with Gasteiger partial charge in [-0.3, -0.25) is 14.6 Å². The van der Waals surface area contributed by atoms with Crippen molar-refractivity contribution in [2.24, 2.45) is 0 Å². The summed E-state index contributed by atoms with van der Waals surface area (Å²) in [5.41, 5.74) is 1.81. The number of anilines is 1. The summed E-state index contributed by atoms with van der Waals surface area (Å²) < 4.78 is 5.94. The number of hydrogen-bond donors (Lipinski definition) is 0. The lowest BCUT2D eigenvalue weighted by molar-refractivity contribution is -0.149. The van der Waals surface area contributed by atoms with Gasteiger partial charge in [0.05, 0.1) is 11.6 Å². The van der Waals surface area contributed by atoms with Crippen molar-refractivity contribution in [1.82, 2.24) is 9.88 Å². The Kier molecular flexibility index (Phi) is 4.44. The van der Waals surface area contributed by atoms with Crippen molar-refractivity contribution < 1.29 is 14.3 Å². The van der Waals surface area contributed by atoms with Gasteiger partial charge in [0.15, 0.2) is 0 Å². The van der Waals surface area contributed by atoms with Crippen LogP contribution in [0.3, 0.4) is 0 Å². The zero-order valence-corrected chi connectivity index (χ0v) is 15.6. The number of aryl methyl sites for hydroxylation is 1. The number of pyridine rings is 1. The lowest BCUT2D eigenvalue weighted by Crippen LogP contribution is -2.68. The van der Waals surface area contributed by atoms with E-state index in [1.54, 1.807) is 22.1 Å². The number of benzene rings is 1. The molecule has 6 nitrogen and oxygen atoms in total. The second-order valence-corrected chi connectivity index (χ2v) is 7.44. The summed E-state index contributed by atoms with van der Waals surface area (Å²) in [6.07, 6.45) is 2.37. The number of carbonyl (C=O) groups is 2. The molecule has 0 unspecified atom stereocenters. The standard InChI is InChI=1S/C21H23N3O3/c1-15-8-9-17(22-12-15)20(26)23-11-10-21(2)18(13-23)24(19(25)14-27-21)16-6-4-3-5-7-16/h3-9,12,18H,10-11,13-14H2,1-2H3/t18-,21-/m1/s1. The smallest absolute Gasteiger partial charge is 0.272 e. The minimum absolute atomic E-state index is 0.0648. The molecule has 0 saturated carbocycles. The van der Waals surface area contributed by atoms with Gasteiger partial charge in [-0.25, -0.2) is 0 Å². The average molecular weight is 365 g/mol. The third-order valence-corrected chi connectivity index (χ3v) is 5.53. The quantitative estimate of drug-likeness (QED) is 0.820. The molecular formula is C21H23N3O3. The second-order valence-electron chi connectivity index (χ2n) is 7.44. The molecule has 2 amide bonds. The van der Waals surface area contributed by atoms with E-state index in [9.17, 15) is 9.59 Å². The molecular weight excluding hydrogens is 342 g/mol. The van der Waals surface area contributed by atoms with Crippen molar-refractivity contribution in [2.45, 2.75) is 31.9 Å². The van der Waals surface area contributed by atoms with E-state index in [-0.39, 0.29) is 24.5 Å². The van der Waals surface area contributed by atoms with E-state index in [1.165, 1.54) is 0 Å². The predicted molar refractivity (Wildman–Crippen MR) is 102 cm³/mol. The molecule has 2 aliphatic rings. The molecule has 0 radical (unpaired) electrons. The number of ether oxygens (including phenoxy) is 1. The Morgan fingerprint density at radius 3 is 2.70 bits per heavy atom. The minimum atomic E-state index is -0.471. The number of fused-ring (bicyclic) bond motifs is 1. The van der Waals surface area contributed by atoms with E-state index in [2.05, 4.69) is 4.98 Å². The molecule has 0 bridgehead atoms. The molecule has 1 aromatic carbocycles. The van der Waals surface area contributed by atoms with Gasteiger partial charge in [-0.15, -0.1) is 0 Å². The summed E-state index contributed by atoms with van der Waals surface area (Å²) in [6.45, 7) is 5.04. The van der Waals surface area contributed by atoms with Crippen LogP contribution in [0.5, 0.6) is 0 Å².